The summed E-state index contributed by atoms with van der Waals surface area (Å²) >= 11 is 0. The first kappa shape index (κ1) is 25.0. The molecule has 0 saturated carbocycles. The van der Waals surface area contributed by atoms with E-state index in [9.17, 15) is 14.7 Å². The minimum absolute atomic E-state index is 0.117. The van der Waals surface area contributed by atoms with Gasteiger partial charge in [-0.1, -0.05) is 98.8 Å². The summed E-state index contributed by atoms with van der Waals surface area (Å²) in [5.74, 6) is -0.847. The monoisotopic (exact) mass is 503 g/mol. The smallest absolute Gasteiger partial charge is 0.338 e. The molecule has 0 atom stereocenters. The largest absolute Gasteiger partial charge is 0.487 e. The fraction of sp³-hybridized carbons (Fsp3) is 0.152. The van der Waals surface area contributed by atoms with Crippen LogP contribution in [0.2, 0.25) is 0 Å². The van der Waals surface area contributed by atoms with E-state index in [-0.39, 0.29) is 18.0 Å². The topological polar surface area (TPSA) is 68.0 Å². The molecule has 0 spiro atoms. The molecule has 0 saturated heterocycles. The van der Waals surface area contributed by atoms with Crippen molar-refractivity contribution in [3.05, 3.63) is 131 Å². The zero-order valence-electron chi connectivity index (χ0n) is 21.5. The third-order valence-corrected chi connectivity index (χ3v) is 6.86. The molecular weight excluding hydrogens is 474 g/mol. The number of carbonyl (C=O) groups excluding carboxylic acids is 1. The molecule has 2 heterocycles. The van der Waals surface area contributed by atoms with E-state index < -0.39 is 5.97 Å². The Labute approximate surface area is 222 Å². The van der Waals surface area contributed by atoms with Crippen LogP contribution in [-0.2, 0) is 19.4 Å². The molecule has 0 aliphatic rings. The Kier molecular flexibility index (Phi) is 7.09. The zero-order valence-corrected chi connectivity index (χ0v) is 21.5. The van der Waals surface area contributed by atoms with E-state index in [1.807, 2.05) is 115 Å². The summed E-state index contributed by atoms with van der Waals surface area (Å²) in [5, 5.41) is 10.4. The third-order valence-electron chi connectivity index (χ3n) is 6.86. The van der Waals surface area contributed by atoms with E-state index in [1.165, 1.54) is 0 Å². The Balaban J connectivity index is 1.75. The number of aromatic nitrogens is 1. The van der Waals surface area contributed by atoms with Crippen LogP contribution in [0.5, 0.6) is 5.75 Å². The van der Waals surface area contributed by atoms with E-state index >= 15 is 0 Å². The van der Waals surface area contributed by atoms with Gasteiger partial charge in [0.25, 0.3) is 0 Å². The number of pyridine rings is 1. The summed E-state index contributed by atoms with van der Waals surface area (Å²) in [6, 6.07) is 30.7. The van der Waals surface area contributed by atoms with E-state index in [1.54, 1.807) is 0 Å². The SMILES string of the molecule is CCc1c(C(=O)O)c2c(OCc3ccccc3)ccc(CC)n2c1C(=O)c1ccccc1-c1ccccc1. The number of benzene rings is 3. The van der Waals surface area contributed by atoms with Gasteiger partial charge in [-0.15, -0.1) is 0 Å². The van der Waals surface area contributed by atoms with Crippen molar-refractivity contribution in [1.82, 2.24) is 4.40 Å². The highest BCUT2D eigenvalue weighted by molar-refractivity contribution is 6.16. The summed E-state index contributed by atoms with van der Waals surface area (Å²) < 4.78 is 8.00. The fourth-order valence-corrected chi connectivity index (χ4v) is 5.08. The number of aryl methyl sites for hydroxylation is 1. The van der Waals surface area contributed by atoms with Crippen LogP contribution < -0.4 is 4.74 Å². The molecule has 5 rings (SSSR count). The zero-order chi connectivity index (χ0) is 26.6. The first-order valence-electron chi connectivity index (χ1n) is 12.8. The molecular formula is C33H29NO4. The number of carboxylic acid groups (broad SMARTS) is 1. The number of carbonyl (C=O) groups is 2. The highest BCUT2D eigenvalue weighted by atomic mass is 16.5. The standard InChI is InChI=1S/C33H29NO4/c1-3-24-19-20-28(38-21-22-13-7-5-8-14-22)31-29(33(36)37)25(4-2)30(34(24)31)32(35)27-18-12-11-17-26(27)23-15-9-6-10-16-23/h5-20H,3-4,21H2,1-2H3,(H,36,37). The predicted molar refractivity (Wildman–Crippen MR) is 149 cm³/mol. The molecule has 38 heavy (non-hydrogen) atoms. The van der Waals surface area contributed by atoms with Crippen LogP contribution in [0.3, 0.4) is 0 Å². The molecule has 1 N–H and O–H groups in total. The lowest BCUT2D eigenvalue weighted by molar-refractivity contribution is 0.0697. The van der Waals surface area contributed by atoms with Crippen molar-refractivity contribution < 1.29 is 19.4 Å². The lowest BCUT2D eigenvalue weighted by atomic mass is 9.94. The Hall–Kier alpha value is -4.64. The molecule has 0 fully saturated rings. The second-order valence-corrected chi connectivity index (χ2v) is 9.10. The van der Waals surface area contributed by atoms with Gasteiger partial charge < -0.3 is 14.2 Å². The molecule has 5 nitrogen and oxygen atoms in total. The number of fused-ring (bicyclic) bond motifs is 1. The van der Waals surface area contributed by atoms with Gasteiger partial charge in [0.2, 0.25) is 5.78 Å². The van der Waals surface area contributed by atoms with Crippen molar-refractivity contribution in [2.45, 2.75) is 33.3 Å². The van der Waals surface area contributed by atoms with Gasteiger partial charge in [-0.3, -0.25) is 4.79 Å². The molecule has 2 aromatic heterocycles. The van der Waals surface area contributed by atoms with Gasteiger partial charge >= 0.3 is 5.97 Å². The highest BCUT2D eigenvalue weighted by Crippen LogP contribution is 2.36. The maximum atomic E-state index is 14.4. The molecule has 0 aliphatic carbocycles. The van der Waals surface area contributed by atoms with Crippen LogP contribution in [0.1, 0.15) is 57.1 Å². The summed E-state index contributed by atoms with van der Waals surface area (Å²) in [4.78, 5) is 27.1. The lowest BCUT2D eigenvalue weighted by Crippen LogP contribution is -2.12. The molecule has 190 valence electrons. The van der Waals surface area contributed by atoms with Crippen LogP contribution >= 0.6 is 0 Å². The number of hydrogen-bond donors (Lipinski definition) is 1. The van der Waals surface area contributed by atoms with Gasteiger partial charge in [-0.05, 0) is 47.2 Å². The number of ketones is 1. The van der Waals surface area contributed by atoms with Crippen LogP contribution in [0.4, 0.5) is 0 Å². The van der Waals surface area contributed by atoms with E-state index in [2.05, 4.69) is 0 Å². The first-order chi connectivity index (χ1) is 18.5. The Morgan fingerprint density at radius 1 is 0.789 bits per heavy atom. The Bertz CT molecular complexity index is 1620. The molecule has 5 aromatic rings. The maximum absolute atomic E-state index is 14.4. The second-order valence-electron chi connectivity index (χ2n) is 9.10. The summed E-state index contributed by atoms with van der Waals surface area (Å²) in [5.41, 5.74) is 5.50. The molecule has 0 bridgehead atoms. The fourth-order valence-electron chi connectivity index (χ4n) is 5.08. The van der Waals surface area contributed by atoms with Crippen LogP contribution in [0, 0.1) is 0 Å². The van der Waals surface area contributed by atoms with Crippen molar-refractivity contribution in [2.24, 2.45) is 0 Å². The molecule has 0 aliphatic heterocycles. The Morgan fingerprint density at radius 3 is 2.11 bits per heavy atom. The number of rotatable bonds is 9. The van der Waals surface area contributed by atoms with Crippen molar-refractivity contribution in [3.63, 3.8) is 0 Å². The normalized spacial score (nSPS) is 11.0. The summed E-state index contributed by atoms with van der Waals surface area (Å²) in [6.45, 7) is 4.17. The number of aromatic carboxylic acids is 1. The number of ether oxygens (including phenoxy) is 1. The predicted octanol–water partition coefficient (Wildman–Crippen LogP) is 7.24. The number of hydrogen-bond acceptors (Lipinski definition) is 3. The van der Waals surface area contributed by atoms with Crippen molar-refractivity contribution in [3.8, 4) is 16.9 Å². The van der Waals surface area contributed by atoms with Crippen molar-refractivity contribution >= 4 is 17.3 Å². The second kappa shape index (κ2) is 10.8. The van der Waals surface area contributed by atoms with Gasteiger partial charge in [-0.25, -0.2) is 4.79 Å². The average molecular weight is 504 g/mol. The number of nitrogens with zero attached hydrogens (tertiary/aromatic N) is 1. The minimum atomic E-state index is -1.08. The van der Waals surface area contributed by atoms with Gasteiger partial charge in [0.15, 0.2) is 0 Å². The summed E-state index contributed by atoms with van der Waals surface area (Å²) in [6.07, 6.45) is 1.01. The van der Waals surface area contributed by atoms with E-state index in [0.717, 1.165) is 22.4 Å². The molecule has 5 heteroatoms. The van der Waals surface area contributed by atoms with Gasteiger partial charge in [0, 0.05) is 11.3 Å². The lowest BCUT2D eigenvalue weighted by Gasteiger charge is -2.15. The average Bonchev–Trinajstić information content (AvgIpc) is 3.32. The maximum Gasteiger partial charge on any atom is 0.338 e. The van der Waals surface area contributed by atoms with E-state index in [4.69, 9.17) is 4.74 Å². The van der Waals surface area contributed by atoms with Crippen molar-refractivity contribution in [1.29, 1.82) is 0 Å². The van der Waals surface area contributed by atoms with Crippen LogP contribution in [0.25, 0.3) is 16.6 Å². The van der Waals surface area contributed by atoms with Crippen molar-refractivity contribution in [2.75, 3.05) is 0 Å². The van der Waals surface area contributed by atoms with Crippen LogP contribution in [-0.4, -0.2) is 21.3 Å². The molecule has 0 unspecified atom stereocenters. The first-order valence-corrected chi connectivity index (χ1v) is 12.8. The van der Waals surface area contributed by atoms with Gasteiger partial charge in [0.1, 0.15) is 17.9 Å². The van der Waals surface area contributed by atoms with Crippen LogP contribution in [0.15, 0.2) is 97.1 Å². The number of carboxylic acids is 1. The molecule has 0 amide bonds. The minimum Gasteiger partial charge on any atom is -0.487 e. The van der Waals surface area contributed by atoms with Gasteiger partial charge in [0.05, 0.1) is 11.3 Å². The third kappa shape index (κ3) is 4.48. The molecule has 0 radical (unpaired) electrons. The van der Waals surface area contributed by atoms with E-state index in [0.29, 0.717) is 40.9 Å². The quantitative estimate of drug-likeness (QED) is 0.215. The highest BCUT2D eigenvalue weighted by Gasteiger charge is 2.31. The van der Waals surface area contributed by atoms with Gasteiger partial charge in [-0.2, -0.15) is 0 Å². The molecule has 3 aromatic carbocycles. The Morgan fingerprint density at radius 2 is 1.45 bits per heavy atom. The summed E-state index contributed by atoms with van der Waals surface area (Å²) in [7, 11) is 0.